The first-order valence-electron chi connectivity index (χ1n) is 5.23. The minimum Gasteiger partial charge on any atom is -0.378 e. The van der Waals surface area contributed by atoms with Gasteiger partial charge in [0.15, 0.2) is 9.84 Å². The van der Waals surface area contributed by atoms with Gasteiger partial charge in [0.05, 0.1) is 16.8 Å². The molecule has 1 N–H and O–H groups in total. The van der Waals surface area contributed by atoms with Crippen molar-refractivity contribution in [3.8, 4) is 0 Å². The fraction of sp³-hybridized carbons (Fsp3) is 0.600. The quantitative estimate of drug-likeness (QED) is 0.877. The van der Waals surface area contributed by atoms with Crippen LogP contribution in [-0.4, -0.2) is 38.8 Å². The van der Waals surface area contributed by atoms with Crippen molar-refractivity contribution in [1.29, 1.82) is 0 Å². The van der Waals surface area contributed by atoms with E-state index in [-0.39, 0.29) is 12.4 Å². The maximum absolute atomic E-state index is 11.5. The number of rotatable bonds is 5. The van der Waals surface area contributed by atoms with Gasteiger partial charge >= 0.3 is 0 Å². The Balaban J connectivity index is 3.34. The van der Waals surface area contributed by atoms with Crippen molar-refractivity contribution in [2.24, 2.45) is 0 Å². The molecule has 18 heavy (non-hydrogen) atoms. The average Bonchev–Trinajstić information content (AvgIpc) is 2.30. The Labute approximate surface area is 115 Å². The summed E-state index contributed by atoms with van der Waals surface area (Å²) in [6.07, 6.45) is 1.16. The van der Waals surface area contributed by atoms with Crippen molar-refractivity contribution in [2.45, 2.75) is 18.8 Å². The Morgan fingerprint density at radius 1 is 1.44 bits per heavy atom. The van der Waals surface area contributed by atoms with E-state index in [4.69, 9.17) is 4.74 Å². The van der Waals surface area contributed by atoms with Crippen molar-refractivity contribution >= 4 is 31.6 Å². The molecule has 0 radical (unpaired) electrons. The molecular formula is C10H16BrN3O3S. The maximum Gasteiger partial charge on any atom is 0.157 e. The van der Waals surface area contributed by atoms with Crippen molar-refractivity contribution in [3.05, 3.63) is 16.0 Å². The molecule has 0 bridgehead atoms. The number of aromatic nitrogens is 2. The van der Waals surface area contributed by atoms with Gasteiger partial charge in [-0.05, 0) is 22.9 Å². The number of nitrogens with zero attached hydrogens (tertiary/aromatic N) is 2. The van der Waals surface area contributed by atoms with Gasteiger partial charge < -0.3 is 10.1 Å². The Hall–Kier alpha value is -0.730. The summed E-state index contributed by atoms with van der Waals surface area (Å²) in [5.41, 5.74) is 0.613. The number of anilines is 1. The smallest absolute Gasteiger partial charge is 0.157 e. The molecular weight excluding hydrogens is 322 g/mol. The summed E-state index contributed by atoms with van der Waals surface area (Å²) in [5.74, 6) is 0.805. The molecule has 1 atom stereocenters. The van der Waals surface area contributed by atoms with Gasteiger partial charge in [-0.15, -0.1) is 0 Å². The second kappa shape index (κ2) is 5.94. The van der Waals surface area contributed by atoms with Crippen molar-refractivity contribution in [2.75, 3.05) is 25.7 Å². The summed E-state index contributed by atoms with van der Waals surface area (Å²) >= 11 is 3.36. The second-order valence-electron chi connectivity index (χ2n) is 3.85. The van der Waals surface area contributed by atoms with Crippen LogP contribution in [0.15, 0.2) is 4.47 Å². The molecule has 0 aromatic carbocycles. The molecule has 0 saturated heterocycles. The monoisotopic (exact) mass is 337 g/mol. The summed E-state index contributed by atoms with van der Waals surface area (Å²) in [4.78, 5) is 8.43. The lowest BCUT2D eigenvalue weighted by atomic mass is 10.3. The van der Waals surface area contributed by atoms with Crippen LogP contribution in [0, 0.1) is 0 Å². The van der Waals surface area contributed by atoms with E-state index < -0.39 is 15.1 Å². The molecule has 8 heteroatoms. The molecule has 0 aliphatic heterocycles. The minimum absolute atomic E-state index is 0.261. The number of hydrogen-bond donors (Lipinski definition) is 1. The molecule has 6 nitrogen and oxygen atoms in total. The lowest BCUT2D eigenvalue weighted by Gasteiger charge is -2.13. The van der Waals surface area contributed by atoms with Crippen LogP contribution in [0.5, 0.6) is 0 Å². The Kier molecular flexibility index (Phi) is 5.06. The molecule has 0 spiro atoms. The first kappa shape index (κ1) is 15.3. The highest BCUT2D eigenvalue weighted by atomic mass is 79.9. The summed E-state index contributed by atoms with van der Waals surface area (Å²) < 4.78 is 28.8. The topological polar surface area (TPSA) is 81.2 Å². The van der Waals surface area contributed by atoms with Gasteiger partial charge in [-0.2, -0.15) is 0 Å². The number of sulfone groups is 1. The highest BCUT2D eigenvalue weighted by molar-refractivity contribution is 9.10. The van der Waals surface area contributed by atoms with E-state index in [1.54, 1.807) is 21.1 Å². The van der Waals surface area contributed by atoms with Gasteiger partial charge in [0.1, 0.15) is 16.9 Å². The maximum atomic E-state index is 11.5. The Morgan fingerprint density at radius 2 is 2.06 bits per heavy atom. The Bertz CT molecular complexity index is 533. The van der Waals surface area contributed by atoms with Gasteiger partial charge in [-0.25, -0.2) is 18.4 Å². The number of ether oxygens (including phenoxy) is 1. The van der Waals surface area contributed by atoms with Gasteiger partial charge in [0, 0.05) is 20.4 Å². The fourth-order valence-electron chi connectivity index (χ4n) is 1.28. The van der Waals surface area contributed by atoms with Crippen LogP contribution in [0.3, 0.4) is 0 Å². The molecule has 1 rings (SSSR count). The van der Waals surface area contributed by atoms with E-state index in [1.807, 2.05) is 0 Å². The zero-order valence-corrected chi connectivity index (χ0v) is 13.1. The van der Waals surface area contributed by atoms with Crippen LogP contribution in [-0.2, 0) is 21.2 Å². The van der Waals surface area contributed by atoms with E-state index in [0.717, 1.165) is 6.26 Å². The average molecular weight is 338 g/mol. The van der Waals surface area contributed by atoms with Crippen LogP contribution in [0.2, 0.25) is 0 Å². The molecule has 0 saturated carbocycles. The Morgan fingerprint density at radius 3 is 2.50 bits per heavy atom. The third kappa shape index (κ3) is 3.39. The van der Waals surface area contributed by atoms with E-state index in [0.29, 0.717) is 16.0 Å². The summed E-state index contributed by atoms with van der Waals surface area (Å²) in [6, 6.07) is 0. The van der Waals surface area contributed by atoms with E-state index in [1.165, 1.54) is 0 Å². The van der Waals surface area contributed by atoms with E-state index >= 15 is 0 Å². The third-order valence-electron chi connectivity index (χ3n) is 2.46. The van der Waals surface area contributed by atoms with Crippen LogP contribution in [0.1, 0.15) is 23.7 Å². The number of halogens is 1. The van der Waals surface area contributed by atoms with Crippen molar-refractivity contribution in [3.63, 3.8) is 0 Å². The molecule has 1 aromatic heterocycles. The minimum atomic E-state index is -3.23. The lowest BCUT2D eigenvalue weighted by molar-refractivity contribution is 0.180. The largest absolute Gasteiger partial charge is 0.378 e. The number of methoxy groups -OCH3 is 1. The SMILES string of the molecule is CNc1nc(C(C)S(C)(=O)=O)nc(COC)c1Br. The highest BCUT2D eigenvalue weighted by Crippen LogP contribution is 2.27. The molecule has 0 amide bonds. The molecule has 1 unspecified atom stereocenters. The zero-order chi connectivity index (χ0) is 13.9. The number of hydrogen-bond acceptors (Lipinski definition) is 6. The first-order valence-corrected chi connectivity index (χ1v) is 7.97. The highest BCUT2D eigenvalue weighted by Gasteiger charge is 2.23. The van der Waals surface area contributed by atoms with E-state index in [2.05, 4.69) is 31.2 Å². The van der Waals surface area contributed by atoms with Gasteiger partial charge in [0.25, 0.3) is 0 Å². The van der Waals surface area contributed by atoms with Crippen molar-refractivity contribution < 1.29 is 13.2 Å². The lowest BCUT2D eigenvalue weighted by Crippen LogP contribution is -2.14. The summed E-state index contributed by atoms with van der Waals surface area (Å²) in [6.45, 7) is 1.84. The summed E-state index contributed by atoms with van der Waals surface area (Å²) in [5, 5.41) is 2.14. The molecule has 1 aromatic rings. The van der Waals surface area contributed by atoms with E-state index in [9.17, 15) is 8.42 Å². The molecule has 102 valence electrons. The standard InChI is InChI=1S/C10H16BrN3O3S/c1-6(18(4,15)16)9-13-7(5-17-3)8(11)10(12-2)14-9/h6H,5H2,1-4H3,(H,12,13,14). The normalized spacial score (nSPS) is 13.4. The molecule has 0 aliphatic carbocycles. The third-order valence-corrected chi connectivity index (χ3v) is 4.79. The van der Waals surface area contributed by atoms with Crippen LogP contribution >= 0.6 is 15.9 Å². The molecule has 0 aliphatic rings. The predicted octanol–water partition coefficient (Wildman–Crippen LogP) is 1.53. The first-order chi connectivity index (χ1) is 8.31. The van der Waals surface area contributed by atoms with Crippen LogP contribution < -0.4 is 5.32 Å². The zero-order valence-electron chi connectivity index (χ0n) is 10.7. The summed E-state index contributed by atoms with van der Waals surface area (Å²) in [7, 11) is 0.0215. The van der Waals surface area contributed by atoms with Gasteiger partial charge in [-0.3, -0.25) is 0 Å². The van der Waals surface area contributed by atoms with Crippen molar-refractivity contribution in [1.82, 2.24) is 9.97 Å². The van der Waals surface area contributed by atoms with Gasteiger partial charge in [0.2, 0.25) is 0 Å². The second-order valence-corrected chi connectivity index (χ2v) is 7.01. The number of nitrogens with one attached hydrogen (secondary N) is 1. The molecule has 1 heterocycles. The fourth-order valence-corrected chi connectivity index (χ4v) is 2.26. The van der Waals surface area contributed by atoms with Gasteiger partial charge in [-0.1, -0.05) is 0 Å². The van der Waals surface area contributed by atoms with Crippen LogP contribution in [0.25, 0.3) is 0 Å². The predicted molar refractivity (Wildman–Crippen MR) is 73.3 cm³/mol. The molecule has 0 fully saturated rings. The van der Waals surface area contributed by atoms with Crippen LogP contribution in [0.4, 0.5) is 5.82 Å².